The Labute approximate surface area is 88.3 Å². The van der Waals surface area contributed by atoms with E-state index in [2.05, 4.69) is 4.90 Å². The van der Waals surface area contributed by atoms with Crippen LogP contribution in [0.15, 0.2) is 12.1 Å². The summed E-state index contributed by atoms with van der Waals surface area (Å²) < 4.78 is 0.816. The molecule has 2 nitrogen and oxygen atoms in total. The molecule has 0 bridgehead atoms. The number of anilines is 1. The number of hydrogen-bond donors (Lipinski definition) is 1. The summed E-state index contributed by atoms with van der Waals surface area (Å²) in [6.07, 6.45) is 0. The molecule has 74 valence electrons. The fourth-order valence-corrected chi connectivity index (χ4v) is 2.19. The third-order valence-electron chi connectivity index (χ3n) is 1.58. The number of halogens is 1. The van der Waals surface area contributed by atoms with E-state index in [9.17, 15) is 0 Å². The lowest BCUT2D eigenvalue weighted by atomic mass is 10.1. The third kappa shape index (κ3) is 3.55. The van der Waals surface area contributed by atoms with E-state index >= 15 is 0 Å². The van der Waals surface area contributed by atoms with Gasteiger partial charge in [-0.15, -0.1) is 11.3 Å². The Balaban J connectivity index is 2.64. The Bertz CT molecular complexity index is 277. The van der Waals surface area contributed by atoms with E-state index in [0.29, 0.717) is 0 Å². The SMILES string of the molecule is CN(CC(C)(C)N)c1ccc(Cl)s1. The van der Waals surface area contributed by atoms with Crippen LogP contribution < -0.4 is 10.6 Å². The van der Waals surface area contributed by atoms with E-state index in [1.807, 2.05) is 33.0 Å². The second kappa shape index (κ2) is 3.86. The van der Waals surface area contributed by atoms with Crippen LogP contribution in [0.25, 0.3) is 0 Å². The van der Waals surface area contributed by atoms with Gasteiger partial charge in [0.05, 0.1) is 9.34 Å². The fourth-order valence-electron chi connectivity index (χ4n) is 1.20. The Morgan fingerprint density at radius 3 is 2.54 bits per heavy atom. The number of nitrogens with zero attached hydrogens (tertiary/aromatic N) is 1. The summed E-state index contributed by atoms with van der Waals surface area (Å²) in [5.41, 5.74) is 5.74. The van der Waals surface area contributed by atoms with Crippen molar-refractivity contribution in [1.29, 1.82) is 0 Å². The van der Waals surface area contributed by atoms with Gasteiger partial charge in [-0.3, -0.25) is 0 Å². The predicted octanol–water partition coefficient (Wildman–Crippen LogP) is 2.58. The maximum Gasteiger partial charge on any atom is 0.0950 e. The van der Waals surface area contributed by atoms with Gasteiger partial charge < -0.3 is 10.6 Å². The van der Waals surface area contributed by atoms with Crippen molar-refractivity contribution in [3.63, 3.8) is 0 Å². The molecule has 0 saturated heterocycles. The largest absolute Gasteiger partial charge is 0.365 e. The van der Waals surface area contributed by atoms with Crippen molar-refractivity contribution in [3.05, 3.63) is 16.5 Å². The molecule has 0 aliphatic rings. The van der Waals surface area contributed by atoms with Crippen LogP contribution in [-0.4, -0.2) is 19.1 Å². The van der Waals surface area contributed by atoms with Crippen LogP contribution >= 0.6 is 22.9 Å². The minimum Gasteiger partial charge on any atom is -0.365 e. The number of hydrogen-bond acceptors (Lipinski definition) is 3. The number of rotatable bonds is 3. The summed E-state index contributed by atoms with van der Waals surface area (Å²) in [6, 6.07) is 3.92. The molecule has 0 aliphatic carbocycles. The van der Waals surface area contributed by atoms with Crippen molar-refractivity contribution >= 4 is 27.9 Å². The first-order valence-electron chi connectivity index (χ1n) is 4.14. The molecule has 0 aromatic carbocycles. The summed E-state index contributed by atoms with van der Waals surface area (Å²) in [4.78, 5) is 2.12. The first-order valence-corrected chi connectivity index (χ1v) is 5.33. The first-order chi connectivity index (χ1) is 5.88. The van der Waals surface area contributed by atoms with Crippen molar-refractivity contribution in [3.8, 4) is 0 Å². The summed E-state index contributed by atoms with van der Waals surface area (Å²) in [5, 5.41) is 1.16. The second-order valence-corrected chi connectivity index (χ2v) is 5.62. The molecular formula is C9H15ClN2S. The molecule has 0 aliphatic heterocycles. The Hall–Kier alpha value is -0.250. The number of thiophene rings is 1. The van der Waals surface area contributed by atoms with Gasteiger partial charge in [-0.2, -0.15) is 0 Å². The van der Waals surface area contributed by atoms with E-state index in [-0.39, 0.29) is 5.54 Å². The van der Waals surface area contributed by atoms with Gasteiger partial charge in [0.2, 0.25) is 0 Å². The van der Waals surface area contributed by atoms with Crippen LogP contribution in [0.5, 0.6) is 0 Å². The van der Waals surface area contributed by atoms with E-state index in [1.165, 1.54) is 0 Å². The Morgan fingerprint density at radius 1 is 1.54 bits per heavy atom. The molecule has 4 heteroatoms. The van der Waals surface area contributed by atoms with Gasteiger partial charge in [0, 0.05) is 19.1 Å². The van der Waals surface area contributed by atoms with Crippen LogP contribution in [-0.2, 0) is 0 Å². The first kappa shape index (κ1) is 10.8. The predicted molar refractivity (Wildman–Crippen MR) is 60.9 cm³/mol. The Kier molecular flexibility index (Phi) is 3.22. The highest BCUT2D eigenvalue weighted by Gasteiger charge is 2.15. The molecule has 1 aromatic rings. The average molecular weight is 219 g/mol. The number of nitrogens with two attached hydrogens (primary N) is 1. The highest BCUT2D eigenvalue weighted by Crippen LogP contribution is 2.29. The standard InChI is InChI=1S/C9H15ClN2S/c1-9(2,11)6-12(3)8-5-4-7(10)13-8/h4-5H,6,11H2,1-3H3. The molecule has 0 radical (unpaired) electrons. The lowest BCUT2D eigenvalue weighted by molar-refractivity contribution is 0.520. The molecule has 1 aromatic heterocycles. The Morgan fingerprint density at radius 2 is 2.15 bits per heavy atom. The zero-order valence-electron chi connectivity index (χ0n) is 8.17. The quantitative estimate of drug-likeness (QED) is 0.845. The van der Waals surface area contributed by atoms with Crippen LogP contribution in [0.4, 0.5) is 5.00 Å². The molecule has 13 heavy (non-hydrogen) atoms. The van der Waals surface area contributed by atoms with Gasteiger partial charge in [-0.25, -0.2) is 0 Å². The zero-order chi connectivity index (χ0) is 10.1. The molecular weight excluding hydrogens is 204 g/mol. The summed E-state index contributed by atoms with van der Waals surface area (Å²) >= 11 is 7.41. The summed E-state index contributed by atoms with van der Waals surface area (Å²) in [5.74, 6) is 0. The second-order valence-electron chi connectivity index (χ2n) is 3.92. The van der Waals surface area contributed by atoms with Crippen molar-refractivity contribution in [2.24, 2.45) is 5.73 Å². The molecule has 0 saturated carbocycles. The van der Waals surface area contributed by atoms with E-state index < -0.39 is 0 Å². The highest BCUT2D eigenvalue weighted by atomic mass is 35.5. The molecule has 0 unspecified atom stereocenters. The molecule has 0 amide bonds. The lowest BCUT2D eigenvalue weighted by Gasteiger charge is -2.26. The lowest BCUT2D eigenvalue weighted by Crippen LogP contribution is -2.43. The van der Waals surface area contributed by atoms with Gasteiger partial charge in [-0.1, -0.05) is 11.6 Å². The molecule has 0 spiro atoms. The van der Waals surface area contributed by atoms with Crippen LogP contribution in [0, 0.1) is 0 Å². The maximum absolute atomic E-state index is 5.91. The number of likely N-dealkylation sites (N-methyl/N-ethyl adjacent to an activating group) is 1. The van der Waals surface area contributed by atoms with Crippen LogP contribution in [0.3, 0.4) is 0 Å². The van der Waals surface area contributed by atoms with Gasteiger partial charge >= 0.3 is 0 Å². The van der Waals surface area contributed by atoms with Gasteiger partial charge in [0.1, 0.15) is 0 Å². The molecule has 2 N–H and O–H groups in total. The average Bonchev–Trinajstić information content (AvgIpc) is 2.31. The molecule has 1 heterocycles. The van der Waals surface area contributed by atoms with E-state index in [1.54, 1.807) is 11.3 Å². The van der Waals surface area contributed by atoms with Crippen molar-refractivity contribution in [1.82, 2.24) is 0 Å². The minimum atomic E-state index is -0.175. The molecule has 1 rings (SSSR count). The fraction of sp³-hybridized carbons (Fsp3) is 0.556. The van der Waals surface area contributed by atoms with Gasteiger partial charge in [0.25, 0.3) is 0 Å². The van der Waals surface area contributed by atoms with Crippen LogP contribution in [0.1, 0.15) is 13.8 Å². The topological polar surface area (TPSA) is 29.3 Å². The van der Waals surface area contributed by atoms with Gasteiger partial charge in [-0.05, 0) is 26.0 Å². The van der Waals surface area contributed by atoms with E-state index in [4.69, 9.17) is 17.3 Å². The zero-order valence-corrected chi connectivity index (χ0v) is 9.75. The van der Waals surface area contributed by atoms with Crippen molar-refractivity contribution in [2.45, 2.75) is 19.4 Å². The maximum atomic E-state index is 5.91. The minimum absolute atomic E-state index is 0.175. The smallest absolute Gasteiger partial charge is 0.0950 e. The van der Waals surface area contributed by atoms with Gasteiger partial charge in [0.15, 0.2) is 0 Å². The monoisotopic (exact) mass is 218 g/mol. The molecule has 0 atom stereocenters. The third-order valence-corrected chi connectivity index (χ3v) is 2.93. The normalized spacial score (nSPS) is 11.8. The van der Waals surface area contributed by atoms with Crippen molar-refractivity contribution < 1.29 is 0 Å². The van der Waals surface area contributed by atoms with Crippen LogP contribution in [0.2, 0.25) is 4.34 Å². The summed E-state index contributed by atoms with van der Waals surface area (Å²) in [7, 11) is 2.02. The highest BCUT2D eigenvalue weighted by molar-refractivity contribution is 7.19. The van der Waals surface area contributed by atoms with Crippen molar-refractivity contribution in [2.75, 3.05) is 18.5 Å². The van der Waals surface area contributed by atoms with E-state index in [0.717, 1.165) is 15.9 Å². The summed E-state index contributed by atoms with van der Waals surface area (Å²) in [6.45, 7) is 4.85. The molecule has 0 fully saturated rings.